The highest BCUT2D eigenvalue weighted by Crippen LogP contribution is 2.29. The number of carbonyl (C=O) groups is 3. The molecule has 0 aliphatic carbocycles. The molecule has 0 saturated carbocycles. The number of rotatable bonds is 4. The molecule has 0 spiro atoms. The number of hydrogen-bond acceptors (Lipinski definition) is 4. The predicted molar refractivity (Wildman–Crippen MR) is 71.9 cm³/mol. The van der Waals surface area contributed by atoms with Crippen molar-refractivity contribution in [3.8, 4) is 0 Å². The molecule has 0 aromatic carbocycles. The van der Waals surface area contributed by atoms with Gasteiger partial charge in [-0.3, -0.25) is 4.79 Å². The Hall–Kier alpha value is -1.44. The van der Waals surface area contributed by atoms with E-state index in [9.17, 15) is 14.4 Å². The monoisotopic (exact) mass is 289 g/mol. The van der Waals surface area contributed by atoms with Gasteiger partial charge in [-0.2, -0.15) is 11.8 Å². The summed E-state index contributed by atoms with van der Waals surface area (Å²) in [6.07, 6.45) is -0.410. The topological polar surface area (TPSA) is 113 Å². The van der Waals surface area contributed by atoms with E-state index in [0.29, 0.717) is 13.1 Å². The Morgan fingerprint density at radius 1 is 1.47 bits per heavy atom. The first-order chi connectivity index (χ1) is 8.71. The van der Waals surface area contributed by atoms with Gasteiger partial charge in [0.2, 0.25) is 5.91 Å². The van der Waals surface area contributed by atoms with E-state index in [-0.39, 0.29) is 4.75 Å². The van der Waals surface area contributed by atoms with Crippen LogP contribution in [-0.4, -0.2) is 57.5 Å². The van der Waals surface area contributed by atoms with Crippen LogP contribution >= 0.6 is 11.8 Å². The molecule has 0 radical (unpaired) electrons. The van der Waals surface area contributed by atoms with Crippen molar-refractivity contribution in [1.29, 1.82) is 0 Å². The van der Waals surface area contributed by atoms with Gasteiger partial charge in [0.05, 0.1) is 6.42 Å². The van der Waals surface area contributed by atoms with E-state index < -0.39 is 30.4 Å². The molecule has 0 bridgehead atoms. The highest BCUT2D eigenvalue weighted by molar-refractivity contribution is 8.00. The molecule has 0 unspecified atom stereocenters. The summed E-state index contributed by atoms with van der Waals surface area (Å²) in [4.78, 5) is 35.2. The Balaban J connectivity index is 2.61. The van der Waals surface area contributed by atoms with E-state index in [1.54, 1.807) is 16.7 Å². The highest BCUT2D eigenvalue weighted by atomic mass is 32.2. The number of thioether (sulfide) groups is 1. The zero-order chi connectivity index (χ0) is 14.6. The van der Waals surface area contributed by atoms with Crippen molar-refractivity contribution in [2.45, 2.75) is 31.1 Å². The van der Waals surface area contributed by atoms with Crippen LogP contribution in [0.4, 0.5) is 4.79 Å². The fourth-order valence-electron chi connectivity index (χ4n) is 1.83. The van der Waals surface area contributed by atoms with Gasteiger partial charge in [-0.05, 0) is 13.8 Å². The molecule has 3 amide bonds. The first-order valence-electron chi connectivity index (χ1n) is 5.92. The SMILES string of the molecule is CC1(C)CN(C(=O)N[C@H](CC(N)=O)C(=O)O)CCS1. The number of carboxylic acid groups (broad SMARTS) is 1. The van der Waals surface area contributed by atoms with E-state index in [4.69, 9.17) is 10.8 Å². The van der Waals surface area contributed by atoms with Crippen LogP contribution in [0.25, 0.3) is 0 Å². The maximum atomic E-state index is 12.0. The van der Waals surface area contributed by atoms with Gasteiger partial charge in [0.1, 0.15) is 6.04 Å². The van der Waals surface area contributed by atoms with Crippen molar-refractivity contribution in [2.75, 3.05) is 18.8 Å². The molecule has 0 aromatic rings. The summed E-state index contributed by atoms with van der Waals surface area (Å²) in [5.41, 5.74) is 4.96. The number of primary amides is 1. The number of nitrogens with zero attached hydrogens (tertiary/aromatic N) is 1. The average molecular weight is 289 g/mol. The van der Waals surface area contributed by atoms with Crippen LogP contribution < -0.4 is 11.1 Å². The molecule has 1 atom stereocenters. The number of nitrogens with one attached hydrogen (secondary N) is 1. The third-order valence-corrected chi connectivity index (χ3v) is 4.01. The van der Waals surface area contributed by atoms with Gasteiger partial charge in [0.25, 0.3) is 0 Å². The molecule has 1 aliphatic rings. The van der Waals surface area contributed by atoms with E-state index in [1.807, 2.05) is 13.8 Å². The minimum Gasteiger partial charge on any atom is -0.480 e. The first-order valence-corrected chi connectivity index (χ1v) is 6.90. The first kappa shape index (κ1) is 15.6. The molecule has 1 rings (SSSR count). The van der Waals surface area contributed by atoms with Gasteiger partial charge < -0.3 is 21.1 Å². The second kappa shape index (κ2) is 6.14. The van der Waals surface area contributed by atoms with Crippen LogP contribution in [0, 0.1) is 0 Å². The normalized spacial score (nSPS) is 19.6. The molecule has 108 valence electrons. The van der Waals surface area contributed by atoms with Crippen molar-refractivity contribution >= 4 is 29.7 Å². The molecule has 19 heavy (non-hydrogen) atoms. The molecule has 1 saturated heterocycles. The summed E-state index contributed by atoms with van der Waals surface area (Å²) in [7, 11) is 0. The lowest BCUT2D eigenvalue weighted by Gasteiger charge is -2.37. The van der Waals surface area contributed by atoms with Gasteiger partial charge in [0, 0.05) is 23.6 Å². The van der Waals surface area contributed by atoms with Crippen molar-refractivity contribution in [3.63, 3.8) is 0 Å². The van der Waals surface area contributed by atoms with Crippen LogP contribution in [0.5, 0.6) is 0 Å². The van der Waals surface area contributed by atoms with Crippen molar-refractivity contribution in [3.05, 3.63) is 0 Å². The third kappa shape index (κ3) is 4.98. The zero-order valence-corrected chi connectivity index (χ0v) is 11.8. The Bertz CT molecular complexity index is 386. The number of carbonyl (C=O) groups excluding carboxylic acids is 2. The quantitative estimate of drug-likeness (QED) is 0.666. The van der Waals surface area contributed by atoms with E-state index >= 15 is 0 Å². The Morgan fingerprint density at radius 3 is 2.58 bits per heavy atom. The summed E-state index contributed by atoms with van der Waals surface area (Å²) in [5.74, 6) is -1.23. The van der Waals surface area contributed by atoms with Crippen molar-refractivity contribution < 1.29 is 19.5 Å². The molecule has 1 fully saturated rings. The van der Waals surface area contributed by atoms with Gasteiger partial charge >= 0.3 is 12.0 Å². The van der Waals surface area contributed by atoms with Crippen molar-refractivity contribution in [1.82, 2.24) is 10.2 Å². The minimum atomic E-state index is -1.28. The molecule has 7 nitrogen and oxygen atoms in total. The molecular weight excluding hydrogens is 270 g/mol. The van der Waals surface area contributed by atoms with Crippen LogP contribution in [0.15, 0.2) is 0 Å². The second-order valence-electron chi connectivity index (χ2n) is 5.04. The Kier molecular flexibility index (Phi) is 5.04. The van der Waals surface area contributed by atoms with E-state index in [0.717, 1.165) is 5.75 Å². The lowest BCUT2D eigenvalue weighted by molar-refractivity contribution is -0.140. The van der Waals surface area contributed by atoms with Crippen LogP contribution in [0.3, 0.4) is 0 Å². The average Bonchev–Trinajstić information content (AvgIpc) is 2.25. The highest BCUT2D eigenvalue weighted by Gasteiger charge is 2.31. The fourth-order valence-corrected chi connectivity index (χ4v) is 2.94. The maximum absolute atomic E-state index is 12.0. The van der Waals surface area contributed by atoms with Gasteiger partial charge in [0.15, 0.2) is 0 Å². The number of carboxylic acids is 1. The lowest BCUT2D eigenvalue weighted by atomic mass is 10.2. The number of aliphatic carboxylic acids is 1. The smallest absolute Gasteiger partial charge is 0.326 e. The van der Waals surface area contributed by atoms with Crippen LogP contribution in [-0.2, 0) is 9.59 Å². The second-order valence-corrected chi connectivity index (χ2v) is 6.84. The van der Waals surface area contributed by atoms with Gasteiger partial charge in [-0.15, -0.1) is 0 Å². The molecule has 8 heteroatoms. The minimum absolute atomic E-state index is 0.0575. The number of urea groups is 1. The molecule has 0 aromatic heterocycles. The Labute approximate surface area is 115 Å². The summed E-state index contributed by atoms with van der Waals surface area (Å²) in [6.45, 7) is 5.14. The molecule has 1 aliphatic heterocycles. The summed E-state index contributed by atoms with van der Waals surface area (Å²) >= 11 is 1.77. The van der Waals surface area contributed by atoms with Crippen LogP contribution in [0.2, 0.25) is 0 Å². The standard InChI is InChI=1S/C11H19N3O4S/c1-11(2)6-14(3-4-19-11)10(18)13-7(9(16)17)5-8(12)15/h7H,3-6H2,1-2H3,(H2,12,15)(H,13,18)(H,16,17)/t7-/m1/s1. The Morgan fingerprint density at radius 2 is 2.11 bits per heavy atom. The zero-order valence-electron chi connectivity index (χ0n) is 11.0. The fraction of sp³-hybridized carbons (Fsp3) is 0.727. The maximum Gasteiger partial charge on any atom is 0.326 e. The lowest BCUT2D eigenvalue weighted by Crippen LogP contribution is -2.54. The summed E-state index contributed by atoms with van der Waals surface area (Å²) < 4.78 is -0.0575. The largest absolute Gasteiger partial charge is 0.480 e. The van der Waals surface area contributed by atoms with E-state index in [2.05, 4.69) is 5.32 Å². The van der Waals surface area contributed by atoms with E-state index in [1.165, 1.54) is 0 Å². The van der Waals surface area contributed by atoms with Gasteiger partial charge in [-0.1, -0.05) is 0 Å². The summed E-state index contributed by atoms with van der Waals surface area (Å²) in [6, 6.07) is -1.75. The molecular formula is C11H19N3O4S. The number of amides is 3. The summed E-state index contributed by atoms with van der Waals surface area (Å²) in [5, 5.41) is 11.3. The van der Waals surface area contributed by atoms with Gasteiger partial charge in [-0.25, -0.2) is 9.59 Å². The predicted octanol–water partition coefficient (Wildman–Crippen LogP) is -0.148. The number of hydrogen-bond donors (Lipinski definition) is 3. The third-order valence-electron chi connectivity index (χ3n) is 2.71. The van der Waals surface area contributed by atoms with Crippen molar-refractivity contribution in [2.24, 2.45) is 5.73 Å². The molecule has 1 heterocycles. The molecule has 4 N–H and O–H groups in total. The number of nitrogens with two attached hydrogens (primary N) is 1. The van der Waals surface area contributed by atoms with Crippen LogP contribution in [0.1, 0.15) is 20.3 Å².